The number of hydrogen-bond donors (Lipinski definition) is 2. The third kappa shape index (κ3) is 5.03. The summed E-state index contributed by atoms with van der Waals surface area (Å²) in [5.41, 5.74) is 9.92. The third-order valence-electron chi connectivity index (χ3n) is 6.92. The van der Waals surface area contributed by atoms with Crippen molar-refractivity contribution in [3.63, 3.8) is 0 Å². The van der Waals surface area contributed by atoms with E-state index in [9.17, 15) is 22.8 Å². The zero-order valence-corrected chi connectivity index (χ0v) is 22.1. The van der Waals surface area contributed by atoms with Crippen LogP contribution >= 0.6 is 0 Å². The topological polar surface area (TPSA) is 138 Å². The van der Waals surface area contributed by atoms with E-state index in [1.54, 1.807) is 31.2 Å². The minimum atomic E-state index is -4.08. The number of aromatic nitrogens is 1. The van der Waals surface area contributed by atoms with Crippen LogP contribution in [0.15, 0.2) is 71.6 Å². The number of nitrogens with one attached hydrogen (secondary N) is 1. The summed E-state index contributed by atoms with van der Waals surface area (Å²) in [6, 6.07) is 19.0. The van der Waals surface area contributed by atoms with Crippen LogP contribution < -0.4 is 15.2 Å². The SMILES string of the molecule is Cc1c(C(=O)C(N)=O)c2c(OCC(=O)NS(=O)(=O)c3ccccc3)cc3c(c2n1Cc1ccccc1)CCC3. The van der Waals surface area contributed by atoms with Gasteiger partial charge in [-0.1, -0.05) is 48.5 Å². The maximum Gasteiger partial charge on any atom is 0.289 e. The van der Waals surface area contributed by atoms with Crippen molar-refractivity contribution in [1.82, 2.24) is 9.29 Å². The molecule has 10 heteroatoms. The first-order valence-electron chi connectivity index (χ1n) is 12.5. The maximum absolute atomic E-state index is 13.1. The van der Waals surface area contributed by atoms with Gasteiger partial charge < -0.3 is 15.0 Å². The van der Waals surface area contributed by atoms with Crippen LogP contribution in [-0.4, -0.2) is 37.2 Å². The number of nitrogens with zero attached hydrogens (tertiary/aromatic N) is 1. The normalized spacial score (nSPS) is 12.7. The number of carbonyl (C=O) groups excluding carboxylic acids is 3. The minimum absolute atomic E-state index is 0.0544. The third-order valence-corrected chi connectivity index (χ3v) is 8.31. The van der Waals surface area contributed by atoms with E-state index in [1.807, 2.05) is 39.6 Å². The Hall–Kier alpha value is -4.44. The maximum atomic E-state index is 13.1. The van der Waals surface area contributed by atoms with Crippen LogP contribution in [0.4, 0.5) is 0 Å². The molecular formula is C29H27N3O6S. The first-order chi connectivity index (χ1) is 18.7. The number of fused-ring (bicyclic) bond motifs is 3. The second-order valence-electron chi connectivity index (χ2n) is 9.45. The quantitative estimate of drug-likeness (QED) is 0.245. The van der Waals surface area contributed by atoms with Gasteiger partial charge in [0.2, 0.25) is 0 Å². The Labute approximate surface area is 225 Å². The van der Waals surface area contributed by atoms with Gasteiger partial charge in [-0.2, -0.15) is 0 Å². The second-order valence-corrected chi connectivity index (χ2v) is 11.1. The molecule has 1 aromatic heterocycles. The van der Waals surface area contributed by atoms with E-state index in [0.717, 1.165) is 41.5 Å². The predicted molar refractivity (Wildman–Crippen MR) is 145 cm³/mol. The molecule has 0 aliphatic heterocycles. The highest BCUT2D eigenvalue weighted by Gasteiger charge is 2.30. The van der Waals surface area contributed by atoms with Crippen molar-refractivity contribution in [2.45, 2.75) is 37.6 Å². The molecule has 9 nitrogen and oxygen atoms in total. The Kier molecular flexibility index (Phi) is 6.96. The number of amides is 2. The van der Waals surface area contributed by atoms with Crippen molar-refractivity contribution in [2.24, 2.45) is 5.73 Å². The Balaban J connectivity index is 1.57. The fourth-order valence-electron chi connectivity index (χ4n) is 5.18. The lowest BCUT2D eigenvalue weighted by Gasteiger charge is -2.14. The number of carbonyl (C=O) groups is 3. The first-order valence-corrected chi connectivity index (χ1v) is 13.9. The van der Waals surface area contributed by atoms with Gasteiger partial charge in [0.25, 0.3) is 27.6 Å². The van der Waals surface area contributed by atoms with Crippen LogP contribution in [0.3, 0.4) is 0 Å². The van der Waals surface area contributed by atoms with Crippen molar-refractivity contribution >= 4 is 38.5 Å². The van der Waals surface area contributed by atoms with Crippen molar-refractivity contribution < 1.29 is 27.5 Å². The van der Waals surface area contributed by atoms with Crippen LogP contribution in [0, 0.1) is 6.92 Å². The Morgan fingerprint density at radius 3 is 2.33 bits per heavy atom. The van der Waals surface area contributed by atoms with Crippen molar-refractivity contribution in [3.8, 4) is 5.75 Å². The summed E-state index contributed by atoms with van der Waals surface area (Å²) in [6.45, 7) is 1.58. The molecule has 1 aliphatic carbocycles. The number of rotatable bonds is 9. The van der Waals surface area contributed by atoms with Gasteiger partial charge in [-0.15, -0.1) is 0 Å². The summed E-state index contributed by atoms with van der Waals surface area (Å²) in [5, 5.41) is 0.395. The average molecular weight is 546 g/mol. The van der Waals surface area contributed by atoms with Gasteiger partial charge in [0.15, 0.2) is 6.61 Å². The summed E-state index contributed by atoms with van der Waals surface area (Å²) >= 11 is 0. The first kappa shape index (κ1) is 26.2. The number of nitrogens with two attached hydrogens (primary N) is 1. The molecule has 4 aromatic rings. The van der Waals surface area contributed by atoms with E-state index in [1.165, 1.54) is 12.1 Å². The molecule has 200 valence electrons. The van der Waals surface area contributed by atoms with Gasteiger partial charge in [0.1, 0.15) is 5.75 Å². The fourth-order valence-corrected chi connectivity index (χ4v) is 6.17. The van der Waals surface area contributed by atoms with E-state index in [2.05, 4.69) is 0 Å². The standard InChI is InChI=1S/C29H27N3O6S/c1-18-25(28(34)29(30)35)26-23(38-17-24(33)31-39(36,37)21-12-6-3-7-13-21)15-20-11-8-14-22(20)27(26)32(18)16-19-9-4-2-5-10-19/h2-7,9-10,12-13,15H,8,11,14,16-17H2,1H3,(H2,30,35)(H,31,33). The fraction of sp³-hybridized carbons (Fsp3) is 0.207. The highest BCUT2D eigenvalue weighted by molar-refractivity contribution is 7.90. The van der Waals surface area contributed by atoms with Crippen LogP contribution in [-0.2, 0) is 39.0 Å². The van der Waals surface area contributed by atoms with Crippen molar-refractivity contribution in [1.29, 1.82) is 0 Å². The summed E-state index contributed by atoms with van der Waals surface area (Å²) in [4.78, 5) is 37.7. The second kappa shape index (κ2) is 10.4. The number of ketones is 1. The van der Waals surface area contributed by atoms with Crippen molar-refractivity contribution in [2.75, 3.05) is 6.61 Å². The Bertz CT molecular complexity index is 1710. The zero-order valence-electron chi connectivity index (χ0n) is 21.3. The van der Waals surface area contributed by atoms with Gasteiger partial charge in [-0.3, -0.25) is 14.4 Å². The number of primary amides is 1. The largest absolute Gasteiger partial charge is 0.483 e. The van der Waals surface area contributed by atoms with Gasteiger partial charge in [-0.05, 0) is 61.1 Å². The molecule has 0 fully saturated rings. The Morgan fingerprint density at radius 1 is 1.00 bits per heavy atom. The average Bonchev–Trinajstić information content (AvgIpc) is 3.50. The molecule has 39 heavy (non-hydrogen) atoms. The highest BCUT2D eigenvalue weighted by atomic mass is 32.2. The smallest absolute Gasteiger partial charge is 0.289 e. The number of sulfonamides is 1. The molecule has 0 radical (unpaired) electrons. The lowest BCUT2D eigenvalue weighted by atomic mass is 10.0. The number of Topliss-reactive ketones (excluding diaryl/α,β-unsaturated/α-hetero) is 1. The Morgan fingerprint density at radius 2 is 1.67 bits per heavy atom. The molecular weight excluding hydrogens is 518 g/mol. The molecule has 1 aliphatic rings. The number of aryl methyl sites for hydroxylation is 2. The summed E-state index contributed by atoms with van der Waals surface area (Å²) in [6.07, 6.45) is 2.47. The van der Waals surface area contributed by atoms with E-state index >= 15 is 0 Å². The summed E-state index contributed by atoms with van der Waals surface area (Å²) in [7, 11) is -4.08. The molecule has 3 N–H and O–H groups in total. The molecule has 3 aromatic carbocycles. The predicted octanol–water partition coefficient (Wildman–Crippen LogP) is 3.04. The molecule has 2 amide bonds. The molecule has 0 saturated carbocycles. The zero-order chi connectivity index (χ0) is 27.7. The number of ether oxygens (including phenoxy) is 1. The van der Waals surface area contributed by atoms with Crippen LogP contribution in [0.5, 0.6) is 5.75 Å². The van der Waals surface area contributed by atoms with Crippen LogP contribution in [0.2, 0.25) is 0 Å². The molecule has 0 saturated heterocycles. The van der Waals surface area contributed by atoms with E-state index in [-0.39, 0.29) is 16.2 Å². The highest BCUT2D eigenvalue weighted by Crippen LogP contribution is 2.41. The lowest BCUT2D eigenvalue weighted by Crippen LogP contribution is -2.34. The monoisotopic (exact) mass is 545 g/mol. The summed E-state index contributed by atoms with van der Waals surface area (Å²) < 4.78 is 35.0. The van der Waals surface area contributed by atoms with Gasteiger partial charge in [0.05, 0.1) is 21.4 Å². The van der Waals surface area contributed by atoms with Gasteiger partial charge >= 0.3 is 0 Å². The minimum Gasteiger partial charge on any atom is -0.483 e. The molecule has 5 rings (SSSR count). The molecule has 1 heterocycles. The molecule has 0 atom stereocenters. The number of benzene rings is 3. The van der Waals surface area contributed by atoms with Crippen LogP contribution in [0.25, 0.3) is 10.9 Å². The van der Waals surface area contributed by atoms with E-state index in [4.69, 9.17) is 10.5 Å². The van der Waals surface area contributed by atoms with Gasteiger partial charge in [-0.25, -0.2) is 13.1 Å². The summed E-state index contributed by atoms with van der Waals surface area (Å²) in [5.74, 6) is -2.62. The molecule has 0 unspecified atom stereocenters. The van der Waals surface area contributed by atoms with Gasteiger partial charge in [0, 0.05) is 12.2 Å². The lowest BCUT2D eigenvalue weighted by molar-refractivity contribution is -0.121. The number of hydrogen-bond acceptors (Lipinski definition) is 6. The molecule has 0 spiro atoms. The van der Waals surface area contributed by atoms with E-state index < -0.39 is 34.2 Å². The molecule has 0 bridgehead atoms. The van der Waals surface area contributed by atoms with Crippen LogP contribution in [0.1, 0.15) is 39.2 Å². The van der Waals surface area contributed by atoms with E-state index in [0.29, 0.717) is 17.6 Å². The van der Waals surface area contributed by atoms with Crippen molar-refractivity contribution in [3.05, 3.63) is 94.7 Å².